The number of aryl methyl sites for hydroxylation is 2. The Hall–Kier alpha value is -3.38. The number of alkyl halides is 6. The zero-order chi connectivity index (χ0) is 26.4. The van der Waals surface area contributed by atoms with E-state index in [1.54, 1.807) is 4.68 Å². The van der Waals surface area contributed by atoms with E-state index in [2.05, 4.69) is 30.3 Å². The molecule has 1 atom stereocenters. The summed E-state index contributed by atoms with van der Waals surface area (Å²) in [5.74, 6) is 0.850. The summed E-state index contributed by atoms with van der Waals surface area (Å²) in [5.41, 5.74) is -1.82. The molecular weight excluding hydrogens is 500 g/mol. The van der Waals surface area contributed by atoms with E-state index in [0.29, 0.717) is 31.2 Å². The Morgan fingerprint density at radius 2 is 1.54 bits per heavy atom. The first kappa shape index (κ1) is 25.3. The summed E-state index contributed by atoms with van der Waals surface area (Å²) in [7, 11) is 0. The van der Waals surface area contributed by atoms with Crippen LogP contribution in [0, 0.1) is 6.92 Å². The van der Waals surface area contributed by atoms with Gasteiger partial charge in [-0.1, -0.05) is 0 Å². The predicted octanol–water partition coefficient (Wildman–Crippen LogP) is 5.42. The molecule has 0 radical (unpaired) electrons. The van der Waals surface area contributed by atoms with Crippen LogP contribution in [0.1, 0.15) is 59.8 Å². The van der Waals surface area contributed by atoms with Crippen LogP contribution in [0.15, 0.2) is 30.6 Å². The van der Waals surface area contributed by atoms with E-state index in [0.717, 1.165) is 49.6 Å². The van der Waals surface area contributed by atoms with Crippen LogP contribution < -0.4 is 10.2 Å². The van der Waals surface area contributed by atoms with Gasteiger partial charge in [-0.25, -0.2) is 14.6 Å². The Bertz CT molecular complexity index is 1230. The molecule has 0 amide bonds. The standard InChI is InChI=1S/C24H25F6N7/c1-14-9-20(32-13-31-14)36-7-4-18(5-8-36)33-22-34-21-19(3-2-6-37(21)35-22)15-10-16(23(25,26)27)12-17(11-15)24(28,29)30/h9-13,18-19H,2-8H2,1H3,(H,33,35). The lowest BCUT2D eigenvalue weighted by Crippen LogP contribution is -2.39. The van der Waals surface area contributed by atoms with Crippen LogP contribution in [0.25, 0.3) is 0 Å². The van der Waals surface area contributed by atoms with Gasteiger partial charge >= 0.3 is 12.4 Å². The third-order valence-electron chi connectivity index (χ3n) is 6.83. The van der Waals surface area contributed by atoms with Crippen molar-refractivity contribution >= 4 is 11.8 Å². The number of piperidine rings is 1. The highest BCUT2D eigenvalue weighted by Gasteiger charge is 2.38. The van der Waals surface area contributed by atoms with Crippen molar-refractivity contribution in [1.82, 2.24) is 24.7 Å². The van der Waals surface area contributed by atoms with Crippen molar-refractivity contribution < 1.29 is 26.3 Å². The third-order valence-corrected chi connectivity index (χ3v) is 6.83. The Balaban J connectivity index is 1.34. The summed E-state index contributed by atoms with van der Waals surface area (Å²) in [5, 5.41) is 7.77. The number of fused-ring (bicyclic) bond motifs is 1. The number of aromatic nitrogens is 5. The molecule has 13 heteroatoms. The minimum atomic E-state index is -4.90. The van der Waals surface area contributed by atoms with Gasteiger partial charge in [-0.2, -0.15) is 31.3 Å². The Kier molecular flexibility index (Phi) is 6.48. The maximum absolute atomic E-state index is 13.4. The van der Waals surface area contributed by atoms with Crippen LogP contribution in [0.4, 0.5) is 38.1 Å². The van der Waals surface area contributed by atoms with Gasteiger partial charge in [0.05, 0.1) is 11.1 Å². The second kappa shape index (κ2) is 9.49. The quantitative estimate of drug-likeness (QED) is 0.459. The zero-order valence-corrected chi connectivity index (χ0v) is 19.9. The molecule has 37 heavy (non-hydrogen) atoms. The van der Waals surface area contributed by atoms with Crippen molar-refractivity contribution in [3.8, 4) is 0 Å². The SMILES string of the molecule is Cc1cc(N2CCC(Nc3nc4n(n3)CCCC4c3cc(C(F)(F)F)cc(C(F)(F)F)c3)CC2)ncn1. The van der Waals surface area contributed by atoms with Gasteiger partial charge in [-0.05, 0) is 56.4 Å². The summed E-state index contributed by atoms with van der Waals surface area (Å²) in [6.07, 6.45) is -5.73. The van der Waals surface area contributed by atoms with Gasteiger partial charge in [-0.3, -0.25) is 0 Å². The van der Waals surface area contributed by atoms with Crippen LogP contribution in [0.5, 0.6) is 0 Å². The smallest absolute Gasteiger partial charge is 0.356 e. The normalized spacial score (nSPS) is 19.1. The first-order chi connectivity index (χ1) is 17.5. The van der Waals surface area contributed by atoms with Gasteiger partial charge < -0.3 is 10.2 Å². The van der Waals surface area contributed by atoms with E-state index in [4.69, 9.17) is 0 Å². The van der Waals surface area contributed by atoms with E-state index in [1.165, 1.54) is 6.33 Å². The van der Waals surface area contributed by atoms with E-state index in [1.807, 2.05) is 13.0 Å². The molecule has 1 fully saturated rings. The molecule has 2 aliphatic heterocycles. The summed E-state index contributed by atoms with van der Waals surface area (Å²) >= 11 is 0. The molecule has 2 aromatic heterocycles. The maximum Gasteiger partial charge on any atom is 0.416 e. The van der Waals surface area contributed by atoms with Gasteiger partial charge in [0, 0.05) is 43.4 Å². The van der Waals surface area contributed by atoms with E-state index < -0.39 is 29.4 Å². The molecule has 4 heterocycles. The van der Waals surface area contributed by atoms with Crippen molar-refractivity contribution in [3.05, 3.63) is 58.8 Å². The monoisotopic (exact) mass is 525 g/mol. The Morgan fingerprint density at radius 1 is 0.865 bits per heavy atom. The van der Waals surface area contributed by atoms with Crippen LogP contribution in [0.2, 0.25) is 0 Å². The second-order valence-corrected chi connectivity index (χ2v) is 9.47. The topological polar surface area (TPSA) is 71.8 Å². The lowest BCUT2D eigenvalue weighted by Gasteiger charge is -2.32. The summed E-state index contributed by atoms with van der Waals surface area (Å²) in [6.45, 7) is 3.92. The van der Waals surface area contributed by atoms with Gasteiger partial charge in [0.1, 0.15) is 18.0 Å². The minimum absolute atomic E-state index is 0.0597. The first-order valence-corrected chi connectivity index (χ1v) is 12.0. The highest BCUT2D eigenvalue weighted by Crippen LogP contribution is 2.41. The number of anilines is 2. The highest BCUT2D eigenvalue weighted by atomic mass is 19.4. The maximum atomic E-state index is 13.4. The van der Waals surface area contributed by atoms with Crippen molar-refractivity contribution in [2.45, 2.75) is 63.5 Å². The molecule has 2 aliphatic rings. The molecule has 3 aromatic rings. The largest absolute Gasteiger partial charge is 0.416 e. The molecule has 7 nitrogen and oxygen atoms in total. The van der Waals surface area contributed by atoms with Crippen LogP contribution >= 0.6 is 0 Å². The minimum Gasteiger partial charge on any atom is -0.356 e. The average Bonchev–Trinajstić information content (AvgIpc) is 3.25. The fraction of sp³-hybridized carbons (Fsp3) is 0.500. The van der Waals surface area contributed by atoms with Crippen molar-refractivity contribution in [3.63, 3.8) is 0 Å². The summed E-state index contributed by atoms with van der Waals surface area (Å²) in [4.78, 5) is 15.1. The predicted molar refractivity (Wildman–Crippen MR) is 123 cm³/mol. The molecule has 5 rings (SSSR count). The summed E-state index contributed by atoms with van der Waals surface area (Å²) < 4.78 is 82.0. The number of benzene rings is 1. The molecule has 1 saturated heterocycles. The number of halogens is 6. The molecule has 1 unspecified atom stereocenters. The summed E-state index contributed by atoms with van der Waals surface area (Å²) in [6, 6.07) is 3.74. The Morgan fingerprint density at radius 3 is 2.16 bits per heavy atom. The van der Waals surface area contributed by atoms with Crippen LogP contribution in [0.3, 0.4) is 0 Å². The van der Waals surface area contributed by atoms with Crippen molar-refractivity contribution in [2.24, 2.45) is 0 Å². The van der Waals surface area contributed by atoms with Crippen LogP contribution in [-0.4, -0.2) is 43.9 Å². The average molecular weight is 526 g/mol. The van der Waals surface area contributed by atoms with Gasteiger partial charge in [0.2, 0.25) is 5.95 Å². The van der Waals surface area contributed by atoms with Crippen LogP contribution in [-0.2, 0) is 18.9 Å². The third kappa shape index (κ3) is 5.49. The van der Waals surface area contributed by atoms with Crippen molar-refractivity contribution in [1.29, 1.82) is 0 Å². The van der Waals surface area contributed by atoms with E-state index >= 15 is 0 Å². The zero-order valence-electron chi connectivity index (χ0n) is 19.9. The molecule has 0 saturated carbocycles. The van der Waals surface area contributed by atoms with Gasteiger partial charge in [0.15, 0.2) is 0 Å². The second-order valence-electron chi connectivity index (χ2n) is 9.47. The lowest BCUT2D eigenvalue weighted by atomic mass is 9.88. The Labute approximate surface area is 208 Å². The molecular formula is C24H25F6N7. The fourth-order valence-electron chi connectivity index (χ4n) is 4.96. The molecule has 0 bridgehead atoms. The lowest BCUT2D eigenvalue weighted by molar-refractivity contribution is -0.143. The fourth-order valence-corrected chi connectivity index (χ4v) is 4.96. The number of hydrogen-bond donors (Lipinski definition) is 1. The number of nitrogens with zero attached hydrogens (tertiary/aromatic N) is 6. The first-order valence-electron chi connectivity index (χ1n) is 12.0. The molecule has 0 aliphatic carbocycles. The van der Waals surface area contributed by atoms with E-state index in [9.17, 15) is 26.3 Å². The molecule has 0 spiro atoms. The van der Waals surface area contributed by atoms with Crippen molar-refractivity contribution in [2.75, 3.05) is 23.3 Å². The highest BCUT2D eigenvalue weighted by molar-refractivity contribution is 5.41. The molecule has 1 aromatic carbocycles. The number of hydrogen-bond acceptors (Lipinski definition) is 6. The molecule has 1 N–H and O–H groups in total. The number of rotatable bonds is 4. The molecule has 198 valence electrons. The van der Waals surface area contributed by atoms with Gasteiger partial charge in [-0.15, -0.1) is 5.10 Å². The van der Waals surface area contributed by atoms with E-state index in [-0.39, 0.29) is 17.7 Å². The van der Waals surface area contributed by atoms with Gasteiger partial charge in [0.25, 0.3) is 0 Å². The number of nitrogens with one attached hydrogen (secondary N) is 1.